The zero-order valence-corrected chi connectivity index (χ0v) is 14.8. The van der Waals surface area contributed by atoms with Crippen LogP contribution in [0.5, 0.6) is 0 Å². The fourth-order valence-corrected chi connectivity index (χ4v) is 3.15. The Hall–Kier alpha value is -1.75. The van der Waals surface area contributed by atoms with Crippen LogP contribution < -0.4 is 0 Å². The molecule has 0 bridgehead atoms. The molecule has 0 aliphatic carbocycles. The van der Waals surface area contributed by atoms with Gasteiger partial charge in [-0.3, -0.25) is 4.98 Å². The fourth-order valence-electron chi connectivity index (χ4n) is 2.51. The average Bonchev–Trinajstić information content (AvgIpc) is 2.81. The third-order valence-corrected chi connectivity index (χ3v) is 4.26. The molecule has 2 aromatic heterocycles. The summed E-state index contributed by atoms with van der Waals surface area (Å²) >= 11 is 3.70. The summed E-state index contributed by atoms with van der Waals surface area (Å²) in [7, 11) is 0. The molecule has 0 saturated carbocycles. The van der Waals surface area contributed by atoms with Crippen LogP contribution in [0.4, 0.5) is 0 Å². The van der Waals surface area contributed by atoms with E-state index in [1.807, 2.05) is 23.9 Å². The molecule has 5 heteroatoms. The number of hydrogen-bond donors (Lipinski definition) is 0. The van der Waals surface area contributed by atoms with Crippen LogP contribution in [0.25, 0.3) is 22.2 Å². The number of aromatic nitrogens is 4. The standard InChI is InChI=1S/C17H19BrN4/c1-11-9-12(7-8-19-11)13-5-6-14-16(15(13)18)20-21-22(14)10-17(2,3)4/h5-9H,10H2,1-4H3. The zero-order valence-electron chi connectivity index (χ0n) is 13.3. The number of rotatable bonds is 2. The summed E-state index contributed by atoms with van der Waals surface area (Å²) in [5.41, 5.74) is 5.36. The number of hydrogen-bond acceptors (Lipinski definition) is 3. The second kappa shape index (κ2) is 5.47. The highest BCUT2D eigenvalue weighted by molar-refractivity contribution is 9.10. The van der Waals surface area contributed by atoms with Gasteiger partial charge in [-0.25, -0.2) is 4.68 Å². The van der Waals surface area contributed by atoms with Crippen molar-refractivity contribution in [2.24, 2.45) is 5.41 Å². The summed E-state index contributed by atoms with van der Waals surface area (Å²) in [6, 6.07) is 8.30. The van der Waals surface area contributed by atoms with Crippen molar-refractivity contribution in [1.29, 1.82) is 0 Å². The van der Waals surface area contributed by atoms with Crippen molar-refractivity contribution in [3.05, 3.63) is 40.6 Å². The summed E-state index contributed by atoms with van der Waals surface area (Å²) < 4.78 is 2.96. The van der Waals surface area contributed by atoms with Gasteiger partial charge in [0.25, 0.3) is 0 Å². The average molecular weight is 359 g/mol. The van der Waals surface area contributed by atoms with Gasteiger partial charge in [0.15, 0.2) is 0 Å². The van der Waals surface area contributed by atoms with Gasteiger partial charge in [0.05, 0.1) is 9.99 Å². The zero-order chi connectivity index (χ0) is 15.9. The lowest BCUT2D eigenvalue weighted by atomic mass is 9.97. The van der Waals surface area contributed by atoms with E-state index >= 15 is 0 Å². The van der Waals surface area contributed by atoms with Crippen LogP contribution >= 0.6 is 15.9 Å². The molecule has 2 heterocycles. The number of benzene rings is 1. The molecule has 0 aliphatic rings. The largest absolute Gasteiger partial charge is 0.262 e. The highest BCUT2D eigenvalue weighted by atomic mass is 79.9. The Balaban J connectivity index is 2.11. The Morgan fingerprint density at radius 2 is 1.95 bits per heavy atom. The minimum Gasteiger partial charge on any atom is -0.262 e. The quantitative estimate of drug-likeness (QED) is 0.671. The molecule has 3 rings (SSSR count). The number of pyridine rings is 1. The van der Waals surface area contributed by atoms with Gasteiger partial charge in [-0.15, -0.1) is 5.10 Å². The number of fused-ring (bicyclic) bond motifs is 1. The van der Waals surface area contributed by atoms with Crippen LogP contribution in [0, 0.1) is 12.3 Å². The first-order valence-electron chi connectivity index (χ1n) is 7.30. The maximum Gasteiger partial charge on any atom is 0.127 e. The molecule has 0 amide bonds. The van der Waals surface area contributed by atoms with Crippen molar-refractivity contribution >= 4 is 27.0 Å². The minimum absolute atomic E-state index is 0.161. The lowest BCUT2D eigenvalue weighted by Gasteiger charge is -2.18. The third-order valence-electron chi connectivity index (χ3n) is 3.46. The van der Waals surface area contributed by atoms with Crippen LogP contribution in [0.3, 0.4) is 0 Å². The summed E-state index contributed by atoms with van der Waals surface area (Å²) in [6.45, 7) is 9.43. The Kier molecular flexibility index (Phi) is 3.77. The van der Waals surface area contributed by atoms with Crippen molar-refractivity contribution in [3.8, 4) is 11.1 Å². The van der Waals surface area contributed by atoms with E-state index in [-0.39, 0.29) is 5.41 Å². The molecule has 0 N–H and O–H groups in total. The van der Waals surface area contributed by atoms with E-state index in [4.69, 9.17) is 0 Å². The normalized spacial score (nSPS) is 12.0. The molecule has 3 aromatic rings. The van der Waals surface area contributed by atoms with Crippen LogP contribution in [0.2, 0.25) is 0 Å². The third kappa shape index (κ3) is 2.90. The lowest BCUT2D eigenvalue weighted by molar-refractivity contribution is 0.327. The summed E-state index contributed by atoms with van der Waals surface area (Å²) in [6.07, 6.45) is 1.83. The van der Waals surface area contributed by atoms with Gasteiger partial charge < -0.3 is 0 Å². The molecule has 4 nitrogen and oxygen atoms in total. The van der Waals surface area contributed by atoms with Gasteiger partial charge in [-0.2, -0.15) is 0 Å². The summed E-state index contributed by atoms with van der Waals surface area (Å²) in [5, 5.41) is 8.68. The highest BCUT2D eigenvalue weighted by Crippen LogP contribution is 2.34. The summed E-state index contributed by atoms with van der Waals surface area (Å²) in [4.78, 5) is 4.25. The number of halogens is 1. The Morgan fingerprint density at radius 1 is 1.18 bits per heavy atom. The maximum atomic E-state index is 4.36. The molecule has 0 saturated heterocycles. The Labute approximate surface area is 138 Å². The van der Waals surface area contributed by atoms with E-state index in [1.54, 1.807) is 0 Å². The van der Waals surface area contributed by atoms with Crippen LogP contribution in [0.1, 0.15) is 26.5 Å². The number of nitrogens with zero attached hydrogens (tertiary/aromatic N) is 4. The molecule has 0 atom stereocenters. The van der Waals surface area contributed by atoms with Crippen molar-refractivity contribution in [3.63, 3.8) is 0 Å². The molecule has 0 aliphatic heterocycles. The van der Waals surface area contributed by atoms with E-state index < -0.39 is 0 Å². The first-order chi connectivity index (χ1) is 10.3. The highest BCUT2D eigenvalue weighted by Gasteiger charge is 2.17. The Morgan fingerprint density at radius 3 is 2.64 bits per heavy atom. The smallest absolute Gasteiger partial charge is 0.127 e. The molecule has 114 valence electrons. The van der Waals surface area contributed by atoms with E-state index in [9.17, 15) is 0 Å². The minimum atomic E-state index is 0.161. The molecular weight excluding hydrogens is 340 g/mol. The van der Waals surface area contributed by atoms with Gasteiger partial charge >= 0.3 is 0 Å². The first kappa shape index (κ1) is 15.2. The van der Waals surface area contributed by atoms with Gasteiger partial charge in [0.2, 0.25) is 0 Å². The molecule has 0 unspecified atom stereocenters. The van der Waals surface area contributed by atoms with Crippen molar-refractivity contribution in [1.82, 2.24) is 20.0 Å². The van der Waals surface area contributed by atoms with Crippen LogP contribution in [0.15, 0.2) is 34.9 Å². The molecule has 1 aromatic carbocycles. The Bertz CT molecular complexity index is 830. The predicted molar refractivity (Wildman–Crippen MR) is 92.7 cm³/mol. The molecule has 0 fully saturated rings. The van der Waals surface area contributed by atoms with Crippen molar-refractivity contribution < 1.29 is 0 Å². The van der Waals surface area contributed by atoms with E-state index in [2.05, 4.69) is 70.2 Å². The summed E-state index contributed by atoms with van der Waals surface area (Å²) in [5.74, 6) is 0. The van der Waals surface area contributed by atoms with Crippen molar-refractivity contribution in [2.75, 3.05) is 0 Å². The van der Waals surface area contributed by atoms with E-state index in [0.29, 0.717) is 0 Å². The van der Waals surface area contributed by atoms with E-state index in [1.165, 1.54) is 0 Å². The maximum absolute atomic E-state index is 4.36. The van der Waals surface area contributed by atoms with Crippen molar-refractivity contribution in [2.45, 2.75) is 34.2 Å². The topological polar surface area (TPSA) is 43.6 Å². The van der Waals surface area contributed by atoms with Crippen LogP contribution in [-0.4, -0.2) is 20.0 Å². The molecular formula is C17H19BrN4. The fraction of sp³-hybridized carbons (Fsp3) is 0.353. The lowest BCUT2D eigenvalue weighted by Crippen LogP contribution is -2.16. The van der Waals surface area contributed by atoms with Gasteiger partial charge in [-0.1, -0.05) is 32.1 Å². The molecule has 0 spiro atoms. The molecule has 0 radical (unpaired) electrons. The second-order valence-corrected chi connectivity index (χ2v) is 7.58. The van der Waals surface area contributed by atoms with Crippen LogP contribution in [-0.2, 0) is 6.54 Å². The van der Waals surface area contributed by atoms with Gasteiger partial charge in [0, 0.05) is 18.4 Å². The molecule has 22 heavy (non-hydrogen) atoms. The SMILES string of the molecule is Cc1cc(-c2ccc3c(nnn3CC(C)(C)C)c2Br)ccn1. The van der Waals surface area contributed by atoms with Gasteiger partial charge in [0.1, 0.15) is 5.52 Å². The first-order valence-corrected chi connectivity index (χ1v) is 8.09. The second-order valence-electron chi connectivity index (χ2n) is 6.79. The van der Waals surface area contributed by atoms with Gasteiger partial charge in [-0.05, 0) is 57.6 Å². The van der Waals surface area contributed by atoms with E-state index in [0.717, 1.165) is 38.9 Å². The number of aryl methyl sites for hydroxylation is 1. The monoisotopic (exact) mass is 358 g/mol. The predicted octanol–water partition coefficient (Wildman–Crippen LogP) is 4.61.